The smallest absolute Gasteiger partial charge is 0.276 e. The van der Waals surface area contributed by atoms with E-state index in [4.69, 9.17) is 4.74 Å². The Labute approximate surface area is 171 Å². The van der Waals surface area contributed by atoms with Gasteiger partial charge < -0.3 is 19.6 Å². The highest BCUT2D eigenvalue weighted by Gasteiger charge is 2.17. The van der Waals surface area contributed by atoms with Crippen molar-refractivity contribution in [2.75, 3.05) is 26.8 Å². The van der Waals surface area contributed by atoms with Crippen LogP contribution in [-0.2, 0) is 4.74 Å². The summed E-state index contributed by atoms with van der Waals surface area (Å²) in [6, 6.07) is 7.38. The number of amides is 1. The van der Waals surface area contributed by atoms with Crippen molar-refractivity contribution in [2.24, 2.45) is 0 Å². The van der Waals surface area contributed by atoms with Crippen LogP contribution in [0, 0.1) is 0 Å². The van der Waals surface area contributed by atoms with Crippen molar-refractivity contribution in [3.05, 3.63) is 50.9 Å². The molecule has 0 spiro atoms. The first kappa shape index (κ1) is 19.4. The zero-order valence-electron chi connectivity index (χ0n) is 16.3. The monoisotopic (exact) mass is 410 g/mol. The van der Waals surface area contributed by atoms with Crippen LogP contribution >= 0.6 is 11.3 Å². The van der Waals surface area contributed by atoms with Crippen molar-refractivity contribution < 1.29 is 9.53 Å². The summed E-state index contributed by atoms with van der Waals surface area (Å²) in [5.41, 5.74) is 3.68. The molecule has 0 saturated carbocycles. The number of fused-ring (bicyclic) bond motifs is 2. The third-order valence-corrected chi connectivity index (χ3v) is 5.54. The second-order valence-electron chi connectivity index (χ2n) is 6.86. The van der Waals surface area contributed by atoms with Gasteiger partial charge in [-0.1, -0.05) is 6.92 Å². The molecule has 0 aliphatic carbocycles. The van der Waals surface area contributed by atoms with Gasteiger partial charge in [0.1, 0.15) is 0 Å². The van der Waals surface area contributed by atoms with Crippen LogP contribution in [-0.4, -0.2) is 52.6 Å². The number of hydrogen-bond acceptors (Lipinski definition) is 5. The van der Waals surface area contributed by atoms with Crippen LogP contribution in [0.25, 0.3) is 33.3 Å². The third-order valence-electron chi connectivity index (χ3n) is 4.81. The number of aromatic nitrogens is 3. The molecular weight excluding hydrogens is 388 g/mol. The molecule has 150 valence electrons. The molecule has 29 heavy (non-hydrogen) atoms. The summed E-state index contributed by atoms with van der Waals surface area (Å²) in [6.45, 7) is 3.78. The van der Waals surface area contributed by atoms with Crippen molar-refractivity contribution >= 4 is 39.2 Å². The molecule has 3 aromatic heterocycles. The zero-order chi connectivity index (χ0) is 20.4. The lowest BCUT2D eigenvalue weighted by Gasteiger charge is -2.21. The number of carbonyl (C=O) groups excluding carboxylic acids is 1. The lowest BCUT2D eigenvalue weighted by Crippen LogP contribution is -2.34. The highest BCUT2D eigenvalue weighted by atomic mass is 32.1. The van der Waals surface area contributed by atoms with E-state index >= 15 is 0 Å². The molecule has 0 aliphatic rings. The number of thiophene rings is 1. The summed E-state index contributed by atoms with van der Waals surface area (Å²) in [6.07, 6.45) is 0.880. The summed E-state index contributed by atoms with van der Waals surface area (Å²) in [5, 5.41) is 4.62. The quantitative estimate of drug-likeness (QED) is 0.487. The highest BCUT2D eigenvalue weighted by Crippen LogP contribution is 2.24. The molecule has 8 heteroatoms. The minimum absolute atomic E-state index is 0.0239. The van der Waals surface area contributed by atoms with E-state index in [1.807, 2.05) is 35.9 Å². The Morgan fingerprint density at radius 3 is 2.83 bits per heavy atom. The molecule has 0 radical (unpaired) electrons. The van der Waals surface area contributed by atoms with Crippen molar-refractivity contribution in [3.63, 3.8) is 0 Å². The molecule has 0 bridgehead atoms. The normalized spacial score (nSPS) is 11.4. The van der Waals surface area contributed by atoms with Gasteiger partial charge in [-0.05, 0) is 30.7 Å². The van der Waals surface area contributed by atoms with Crippen LogP contribution in [0.2, 0.25) is 0 Å². The number of carbonyl (C=O) groups is 1. The van der Waals surface area contributed by atoms with E-state index in [0.29, 0.717) is 36.6 Å². The van der Waals surface area contributed by atoms with Gasteiger partial charge in [-0.2, -0.15) is 0 Å². The van der Waals surface area contributed by atoms with E-state index in [-0.39, 0.29) is 11.5 Å². The van der Waals surface area contributed by atoms with Crippen LogP contribution in [0.15, 0.2) is 39.8 Å². The Bertz CT molecular complexity index is 1220. The Morgan fingerprint density at radius 1 is 1.17 bits per heavy atom. The Hall–Kier alpha value is -2.97. The zero-order valence-corrected chi connectivity index (χ0v) is 17.1. The number of H-pyrrole nitrogens is 2. The van der Waals surface area contributed by atoms with E-state index in [9.17, 15) is 9.59 Å². The van der Waals surface area contributed by atoms with Gasteiger partial charge in [-0.15, -0.1) is 11.3 Å². The number of ether oxygens (including phenoxy) is 1. The first-order valence-electron chi connectivity index (χ1n) is 9.48. The maximum Gasteiger partial charge on any atom is 0.276 e. The van der Waals surface area contributed by atoms with Crippen LogP contribution in [0.5, 0.6) is 0 Å². The van der Waals surface area contributed by atoms with Gasteiger partial charge in [0.2, 0.25) is 0 Å². The summed E-state index contributed by atoms with van der Waals surface area (Å²) in [5.74, 6) is -0.0239. The van der Waals surface area contributed by atoms with Gasteiger partial charge >= 0.3 is 0 Å². The number of hydrogen-bond donors (Lipinski definition) is 2. The second-order valence-corrected chi connectivity index (χ2v) is 7.60. The van der Waals surface area contributed by atoms with Crippen molar-refractivity contribution in [2.45, 2.75) is 13.3 Å². The van der Waals surface area contributed by atoms with Crippen LogP contribution in [0.1, 0.15) is 23.7 Å². The predicted molar refractivity (Wildman–Crippen MR) is 116 cm³/mol. The molecule has 0 fully saturated rings. The largest absolute Gasteiger partial charge is 0.383 e. The third kappa shape index (κ3) is 3.81. The molecule has 0 atom stereocenters. The first-order valence-corrected chi connectivity index (χ1v) is 10.4. The molecule has 1 aromatic carbocycles. The van der Waals surface area contributed by atoms with Crippen molar-refractivity contribution in [1.29, 1.82) is 0 Å². The maximum absolute atomic E-state index is 12.9. The molecule has 0 aliphatic heterocycles. The van der Waals surface area contributed by atoms with Gasteiger partial charge in [0, 0.05) is 47.4 Å². The van der Waals surface area contributed by atoms with Crippen LogP contribution < -0.4 is 5.56 Å². The molecule has 7 nitrogen and oxygen atoms in total. The highest BCUT2D eigenvalue weighted by molar-refractivity contribution is 7.09. The van der Waals surface area contributed by atoms with Gasteiger partial charge in [0.25, 0.3) is 11.5 Å². The molecule has 4 rings (SSSR count). The van der Waals surface area contributed by atoms with Gasteiger partial charge in [0.05, 0.1) is 23.3 Å². The SMILES string of the molecule is CCCN(CCOC)C(=O)c1ccc2[nH]c(-c3nc4cscc4[nH]c3=O)cc2c1. The molecular formula is C21H22N4O3S. The lowest BCUT2D eigenvalue weighted by molar-refractivity contribution is 0.0696. The topological polar surface area (TPSA) is 91.1 Å². The first-order chi connectivity index (χ1) is 14.1. The van der Waals surface area contributed by atoms with Crippen LogP contribution in [0.4, 0.5) is 0 Å². The Kier molecular flexibility index (Phi) is 5.46. The van der Waals surface area contributed by atoms with E-state index < -0.39 is 0 Å². The van der Waals surface area contributed by atoms with E-state index in [0.717, 1.165) is 28.4 Å². The molecule has 1 amide bonds. The van der Waals surface area contributed by atoms with E-state index in [1.54, 1.807) is 18.1 Å². The maximum atomic E-state index is 12.9. The molecule has 0 unspecified atom stereocenters. The van der Waals surface area contributed by atoms with Gasteiger partial charge in [0.15, 0.2) is 5.69 Å². The number of aromatic amines is 2. The fourth-order valence-corrected chi connectivity index (χ4v) is 4.06. The fourth-order valence-electron chi connectivity index (χ4n) is 3.37. The summed E-state index contributed by atoms with van der Waals surface area (Å²) < 4.78 is 5.13. The number of nitrogens with one attached hydrogen (secondary N) is 2. The van der Waals surface area contributed by atoms with Gasteiger partial charge in [-0.3, -0.25) is 9.59 Å². The average molecular weight is 410 g/mol. The lowest BCUT2D eigenvalue weighted by atomic mass is 10.1. The van der Waals surface area contributed by atoms with Crippen molar-refractivity contribution in [1.82, 2.24) is 19.9 Å². The van der Waals surface area contributed by atoms with E-state index in [2.05, 4.69) is 15.0 Å². The molecule has 0 saturated heterocycles. The van der Waals surface area contributed by atoms with E-state index in [1.165, 1.54) is 11.3 Å². The minimum atomic E-state index is -0.243. The number of methoxy groups -OCH3 is 1. The number of nitrogens with zero attached hydrogens (tertiary/aromatic N) is 2. The van der Waals surface area contributed by atoms with Crippen LogP contribution in [0.3, 0.4) is 0 Å². The Balaban J connectivity index is 1.69. The molecule has 3 heterocycles. The summed E-state index contributed by atoms with van der Waals surface area (Å²) >= 11 is 1.49. The standard InChI is InChI=1S/C21H22N4O3S/c1-3-6-25(7-8-28-2)21(27)13-4-5-15-14(9-13)10-16(22-15)19-20(26)24-18-12-29-11-17(18)23-19/h4-5,9-12,22H,3,6-8H2,1-2H3,(H,24,26). The minimum Gasteiger partial charge on any atom is -0.383 e. The number of benzene rings is 1. The summed E-state index contributed by atoms with van der Waals surface area (Å²) in [4.78, 5) is 37.8. The molecule has 2 N–H and O–H groups in total. The number of rotatable bonds is 7. The van der Waals surface area contributed by atoms with Gasteiger partial charge in [-0.25, -0.2) is 4.98 Å². The Morgan fingerprint density at radius 2 is 2.03 bits per heavy atom. The molecule has 4 aromatic rings. The second kappa shape index (κ2) is 8.18. The predicted octanol–water partition coefficient (Wildman–Crippen LogP) is 3.63. The van der Waals surface area contributed by atoms with Crippen molar-refractivity contribution in [3.8, 4) is 11.4 Å². The fraction of sp³-hybridized carbons (Fsp3) is 0.286. The average Bonchev–Trinajstić information content (AvgIpc) is 3.35. The summed E-state index contributed by atoms with van der Waals surface area (Å²) in [7, 11) is 1.63.